The van der Waals surface area contributed by atoms with Gasteiger partial charge in [0.05, 0.1) is 12.5 Å². The number of ether oxygens (including phenoxy) is 1. The maximum atomic E-state index is 6.06. The zero-order chi connectivity index (χ0) is 16.5. The van der Waals surface area contributed by atoms with Crippen LogP contribution in [0.15, 0.2) is 48.8 Å². The Balaban J connectivity index is 2.07. The van der Waals surface area contributed by atoms with E-state index in [1.807, 2.05) is 36.4 Å². The number of nitrogen functional groups attached to an aromatic ring is 1. The fourth-order valence-corrected chi connectivity index (χ4v) is 2.70. The normalized spacial score (nSPS) is 10.9. The van der Waals surface area contributed by atoms with Crippen LogP contribution in [0.5, 0.6) is 5.75 Å². The van der Waals surface area contributed by atoms with E-state index in [-0.39, 0.29) is 0 Å². The van der Waals surface area contributed by atoms with Gasteiger partial charge in [0.1, 0.15) is 11.4 Å². The Morgan fingerprint density at radius 3 is 2.75 bits per heavy atom. The Bertz CT molecular complexity index is 1010. The lowest BCUT2D eigenvalue weighted by Gasteiger charge is -2.10. The summed E-state index contributed by atoms with van der Waals surface area (Å²) >= 11 is 0. The van der Waals surface area contributed by atoms with Crippen LogP contribution in [0.4, 0.5) is 5.82 Å². The molecule has 0 bridgehead atoms. The summed E-state index contributed by atoms with van der Waals surface area (Å²) < 4.78 is 5.31. The van der Waals surface area contributed by atoms with Crippen LogP contribution in [0, 0.1) is 0 Å². The minimum absolute atomic E-state index is 0.378. The summed E-state index contributed by atoms with van der Waals surface area (Å²) in [4.78, 5) is 4.21. The molecule has 4 aromatic rings. The molecule has 3 heterocycles. The zero-order valence-corrected chi connectivity index (χ0v) is 12.9. The third-order valence-corrected chi connectivity index (χ3v) is 3.81. The number of benzene rings is 1. The van der Waals surface area contributed by atoms with Crippen LogP contribution < -0.4 is 10.5 Å². The molecule has 7 nitrogen and oxygen atoms in total. The number of nitrogens with zero attached hydrogens (tertiary/aromatic N) is 4. The fraction of sp³-hybridized carbons (Fsp3) is 0.0588. The van der Waals surface area contributed by atoms with Gasteiger partial charge in [-0.05, 0) is 18.2 Å². The lowest BCUT2D eigenvalue weighted by atomic mass is 9.98. The Labute approximate surface area is 137 Å². The Morgan fingerprint density at radius 1 is 1.08 bits per heavy atom. The maximum absolute atomic E-state index is 6.06. The summed E-state index contributed by atoms with van der Waals surface area (Å²) in [5.41, 5.74) is 9.91. The summed E-state index contributed by atoms with van der Waals surface area (Å²) in [6.45, 7) is 0. The van der Waals surface area contributed by atoms with Crippen LogP contribution in [0.2, 0.25) is 0 Å². The van der Waals surface area contributed by atoms with Gasteiger partial charge in [0.15, 0.2) is 11.5 Å². The van der Waals surface area contributed by atoms with Crippen LogP contribution in [0.25, 0.3) is 33.4 Å². The van der Waals surface area contributed by atoms with Gasteiger partial charge in [-0.15, -0.1) is 10.2 Å². The van der Waals surface area contributed by atoms with E-state index in [1.54, 1.807) is 19.5 Å². The summed E-state index contributed by atoms with van der Waals surface area (Å²) in [6.07, 6.45) is 3.49. The predicted octanol–water partition coefficient (Wildman–Crippen LogP) is 2.67. The highest BCUT2D eigenvalue weighted by atomic mass is 16.5. The SMILES string of the molecule is COc1cccc(-c2nnc3[nH]nc(N)c3c2-c2cccnc2)c1. The first-order valence-electron chi connectivity index (χ1n) is 7.33. The van der Waals surface area contributed by atoms with Gasteiger partial charge < -0.3 is 10.5 Å². The molecular formula is C17H14N6O. The number of H-pyrrole nitrogens is 1. The molecule has 1 aromatic carbocycles. The van der Waals surface area contributed by atoms with E-state index in [4.69, 9.17) is 10.5 Å². The highest BCUT2D eigenvalue weighted by Crippen LogP contribution is 2.37. The van der Waals surface area contributed by atoms with Crippen LogP contribution >= 0.6 is 0 Å². The molecule has 0 fully saturated rings. The molecule has 118 valence electrons. The average Bonchev–Trinajstić information content (AvgIpc) is 3.03. The first kappa shape index (κ1) is 14.1. The van der Waals surface area contributed by atoms with Crippen LogP contribution in [-0.4, -0.2) is 32.5 Å². The second-order valence-electron chi connectivity index (χ2n) is 5.23. The highest BCUT2D eigenvalue weighted by Gasteiger charge is 2.19. The molecule has 0 unspecified atom stereocenters. The average molecular weight is 318 g/mol. The number of aromatic nitrogens is 5. The molecule has 0 amide bonds. The van der Waals surface area contributed by atoms with Crippen molar-refractivity contribution in [3.63, 3.8) is 0 Å². The van der Waals surface area contributed by atoms with Crippen molar-refractivity contribution < 1.29 is 4.74 Å². The van der Waals surface area contributed by atoms with Gasteiger partial charge in [-0.1, -0.05) is 18.2 Å². The molecule has 7 heteroatoms. The van der Waals surface area contributed by atoms with Gasteiger partial charge >= 0.3 is 0 Å². The molecule has 0 aliphatic rings. The topological polar surface area (TPSA) is 103 Å². The largest absolute Gasteiger partial charge is 0.497 e. The minimum Gasteiger partial charge on any atom is -0.497 e. The second-order valence-corrected chi connectivity index (χ2v) is 5.23. The molecule has 0 aliphatic carbocycles. The molecule has 0 atom stereocenters. The molecular weight excluding hydrogens is 304 g/mol. The number of nitrogens with two attached hydrogens (primary N) is 1. The minimum atomic E-state index is 0.378. The number of aromatic amines is 1. The number of nitrogens with one attached hydrogen (secondary N) is 1. The van der Waals surface area contributed by atoms with Crippen LogP contribution in [0.1, 0.15) is 0 Å². The summed E-state index contributed by atoms with van der Waals surface area (Å²) in [6, 6.07) is 11.5. The van der Waals surface area contributed by atoms with Gasteiger partial charge in [0.25, 0.3) is 0 Å². The van der Waals surface area contributed by atoms with E-state index in [1.165, 1.54) is 0 Å². The predicted molar refractivity (Wildman–Crippen MR) is 91.3 cm³/mol. The van der Waals surface area contributed by atoms with Crippen LogP contribution in [-0.2, 0) is 0 Å². The zero-order valence-electron chi connectivity index (χ0n) is 12.9. The molecule has 0 aliphatic heterocycles. The Kier molecular flexibility index (Phi) is 3.31. The summed E-state index contributed by atoms with van der Waals surface area (Å²) in [7, 11) is 1.63. The summed E-state index contributed by atoms with van der Waals surface area (Å²) in [5.74, 6) is 1.12. The molecule has 0 saturated carbocycles. The van der Waals surface area contributed by atoms with Crippen LogP contribution in [0.3, 0.4) is 0 Å². The van der Waals surface area contributed by atoms with Crippen molar-refractivity contribution in [2.24, 2.45) is 0 Å². The molecule has 3 N–H and O–H groups in total. The number of methoxy groups -OCH3 is 1. The molecule has 4 rings (SSSR count). The molecule has 0 radical (unpaired) electrons. The van der Waals surface area contributed by atoms with Gasteiger partial charge in [-0.25, -0.2) is 0 Å². The number of rotatable bonds is 3. The first-order valence-corrected chi connectivity index (χ1v) is 7.33. The van der Waals surface area contributed by atoms with Crippen molar-refractivity contribution in [3.05, 3.63) is 48.8 Å². The smallest absolute Gasteiger partial charge is 0.180 e. The van der Waals surface area contributed by atoms with Crippen molar-refractivity contribution in [2.75, 3.05) is 12.8 Å². The van der Waals surface area contributed by atoms with Crippen molar-refractivity contribution in [1.29, 1.82) is 0 Å². The van der Waals surface area contributed by atoms with Crippen molar-refractivity contribution in [1.82, 2.24) is 25.4 Å². The monoisotopic (exact) mass is 318 g/mol. The van der Waals surface area contributed by atoms with Crippen molar-refractivity contribution in [2.45, 2.75) is 0 Å². The standard InChI is InChI=1S/C17H14N6O/c1-24-12-6-2-4-10(8-12)15-13(11-5-3-7-19-9-11)14-16(18)21-23-17(14)22-20-15/h2-9H,1H3,(H3,18,21,22,23). The van der Waals surface area contributed by atoms with E-state index < -0.39 is 0 Å². The van der Waals surface area contributed by atoms with Gasteiger partial charge in [0.2, 0.25) is 0 Å². The molecule has 24 heavy (non-hydrogen) atoms. The Hall–Kier alpha value is -3.48. The number of pyridine rings is 1. The van der Waals surface area contributed by atoms with E-state index in [2.05, 4.69) is 25.4 Å². The number of fused-ring (bicyclic) bond motifs is 1. The lowest BCUT2D eigenvalue weighted by molar-refractivity contribution is 0.415. The Morgan fingerprint density at radius 2 is 1.96 bits per heavy atom. The van der Waals surface area contributed by atoms with Crippen molar-refractivity contribution >= 4 is 16.9 Å². The fourth-order valence-electron chi connectivity index (χ4n) is 2.70. The van der Waals surface area contributed by atoms with Crippen molar-refractivity contribution in [3.8, 4) is 28.1 Å². The first-order chi connectivity index (χ1) is 11.8. The van der Waals surface area contributed by atoms with Gasteiger partial charge in [-0.2, -0.15) is 5.10 Å². The number of hydrogen-bond acceptors (Lipinski definition) is 6. The molecule has 0 spiro atoms. The number of anilines is 1. The lowest BCUT2D eigenvalue weighted by Crippen LogP contribution is -1.96. The highest BCUT2D eigenvalue weighted by molar-refractivity contribution is 6.04. The second kappa shape index (κ2) is 5.62. The molecule has 0 saturated heterocycles. The molecule has 3 aromatic heterocycles. The van der Waals surface area contributed by atoms with Gasteiger partial charge in [0, 0.05) is 29.1 Å². The number of hydrogen-bond donors (Lipinski definition) is 2. The third-order valence-electron chi connectivity index (χ3n) is 3.81. The quantitative estimate of drug-likeness (QED) is 0.602. The maximum Gasteiger partial charge on any atom is 0.180 e. The van der Waals surface area contributed by atoms with Gasteiger partial charge in [-0.3, -0.25) is 10.1 Å². The van der Waals surface area contributed by atoms with E-state index >= 15 is 0 Å². The van der Waals surface area contributed by atoms with E-state index in [9.17, 15) is 0 Å². The van der Waals surface area contributed by atoms with E-state index in [0.717, 1.165) is 27.8 Å². The summed E-state index contributed by atoms with van der Waals surface area (Å²) in [5, 5.41) is 16.2. The van der Waals surface area contributed by atoms with E-state index in [0.29, 0.717) is 17.2 Å². The third kappa shape index (κ3) is 2.23.